The summed E-state index contributed by atoms with van der Waals surface area (Å²) in [5.74, 6) is 0. The Morgan fingerprint density at radius 3 is 2.50 bits per heavy atom. The molecule has 0 spiro atoms. The normalized spacial score (nSPS) is 13.0. The maximum atomic E-state index is 5.85. The monoisotopic (exact) mass is 270 g/mol. The van der Waals surface area contributed by atoms with Crippen LogP contribution in [0.15, 0.2) is 5.38 Å². The van der Waals surface area contributed by atoms with Crippen molar-refractivity contribution >= 4 is 11.3 Å². The van der Waals surface area contributed by atoms with Crippen molar-refractivity contribution in [2.75, 3.05) is 0 Å². The molecule has 1 aromatic heterocycles. The van der Waals surface area contributed by atoms with Crippen LogP contribution in [0.1, 0.15) is 58.7 Å². The molecule has 0 aromatic carbocycles. The molecule has 0 aliphatic heterocycles. The molecule has 0 saturated heterocycles. The molecular formula is C14H26N2OS. The van der Waals surface area contributed by atoms with Gasteiger partial charge in [0.1, 0.15) is 5.01 Å². The molecule has 0 atom stereocenters. The third-order valence-corrected chi connectivity index (χ3v) is 3.73. The topological polar surface area (TPSA) is 34.1 Å². The zero-order valence-electron chi connectivity index (χ0n) is 12.5. The third-order valence-electron chi connectivity index (χ3n) is 2.83. The Balaban J connectivity index is 2.44. The first kappa shape index (κ1) is 15.6. The minimum Gasteiger partial charge on any atom is -0.369 e. The summed E-state index contributed by atoms with van der Waals surface area (Å²) in [5, 5.41) is 6.65. The van der Waals surface area contributed by atoms with Crippen LogP contribution in [-0.4, -0.2) is 16.1 Å². The minimum atomic E-state index is -0.0621. The molecule has 1 rings (SSSR count). The fourth-order valence-corrected chi connectivity index (χ4v) is 1.93. The first-order valence-electron chi connectivity index (χ1n) is 6.54. The summed E-state index contributed by atoms with van der Waals surface area (Å²) in [6.07, 6.45) is 1.01. The van der Waals surface area contributed by atoms with E-state index < -0.39 is 0 Å². The Kier molecular flexibility index (Phi) is 5.32. The number of hydrogen-bond donors (Lipinski definition) is 1. The molecule has 4 heteroatoms. The molecule has 0 amide bonds. The first-order valence-corrected chi connectivity index (χ1v) is 7.42. The molecule has 1 N–H and O–H groups in total. The maximum absolute atomic E-state index is 5.85. The Morgan fingerprint density at radius 1 is 1.28 bits per heavy atom. The summed E-state index contributed by atoms with van der Waals surface area (Å²) in [6, 6.07) is 0. The van der Waals surface area contributed by atoms with Gasteiger partial charge in [0.15, 0.2) is 0 Å². The highest BCUT2D eigenvalue weighted by atomic mass is 32.1. The number of hydrogen-bond acceptors (Lipinski definition) is 4. The molecule has 0 aliphatic rings. The van der Waals surface area contributed by atoms with E-state index in [1.807, 2.05) is 0 Å². The predicted molar refractivity (Wildman–Crippen MR) is 77.9 cm³/mol. The van der Waals surface area contributed by atoms with E-state index in [9.17, 15) is 0 Å². The number of nitrogens with one attached hydrogen (secondary N) is 1. The van der Waals surface area contributed by atoms with E-state index in [1.54, 1.807) is 11.3 Å². The van der Waals surface area contributed by atoms with E-state index in [1.165, 1.54) is 0 Å². The van der Waals surface area contributed by atoms with Gasteiger partial charge in [0.05, 0.1) is 17.9 Å². The molecule has 104 valence electrons. The second kappa shape index (κ2) is 6.13. The van der Waals surface area contributed by atoms with E-state index in [-0.39, 0.29) is 11.1 Å². The van der Waals surface area contributed by atoms with E-state index in [0.717, 1.165) is 23.7 Å². The molecular weight excluding hydrogens is 244 g/mol. The van der Waals surface area contributed by atoms with Crippen molar-refractivity contribution in [3.8, 4) is 0 Å². The lowest BCUT2D eigenvalue weighted by Gasteiger charge is -2.22. The smallest absolute Gasteiger partial charge is 0.107 e. The van der Waals surface area contributed by atoms with Gasteiger partial charge in [-0.15, -0.1) is 11.3 Å². The molecule has 0 saturated carbocycles. The molecule has 3 nitrogen and oxygen atoms in total. The van der Waals surface area contributed by atoms with E-state index >= 15 is 0 Å². The lowest BCUT2D eigenvalue weighted by Crippen LogP contribution is -2.35. The number of thiazole rings is 1. The van der Waals surface area contributed by atoms with Crippen molar-refractivity contribution < 1.29 is 4.74 Å². The van der Waals surface area contributed by atoms with Gasteiger partial charge in [0.2, 0.25) is 0 Å². The van der Waals surface area contributed by atoms with Crippen molar-refractivity contribution in [3.05, 3.63) is 16.1 Å². The van der Waals surface area contributed by atoms with Gasteiger partial charge in [-0.3, -0.25) is 0 Å². The summed E-state index contributed by atoms with van der Waals surface area (Å²) in [7, 11) is 0. The fraction of sp³-hybridized carbons (Fsp3) is 0.786. The summed E-state index contributed by atoms with van der Waals surface area (Å²) in [6.45, 7) is 14.3. The SMILES string of the molecule is CCC(C)(C)OCc1csc(CNC(C)(C)C)n1. The summed E-state index contributed by atoms with van der Waals surface area (Å²) in [5.41, 5.74) is 1.10. The molecule has 18 heavy (non-hydrogen) atoms. The quantitative estimate of drug-likeness (QED) is 0.855. The highest BCUT2D eigenvalue weighted by molar-refractivity contribution is 7.09. The zero-order valence-corrected chi connectivity index (χ0v) is 13.3. The Morgan fingerprint density at radius 2 is 1.94 bits per heavy atom. The van der Waals surface area contributed by atoms with Crippen LogP contribution >= 0.6 is 11.3 Å². The number of rotatable bonds is 6. The van der Waals surface area contributed by atoms with Crippen LogP contribution in [0, 0.1) is 0 Å². The van der Waals surface area contributed by atoms with Crippen LogP contribution in [0.5, 0.6) is 0 Å². The fourth-order valence-electron chi connectivity index (χ4n) is 1.21. The Bertz CT molecular complexity index is 366. The lowest BCUT2D eigenvalue weighted by molar-refractivity contribution is -0.0328. The second-order valence-corrected chi connectivity index (χ2v) is 7.18. The van der Waals surface area contributed by atoms with Crippen molar-refractivity contribution in [1.82, 2.24) is 10.3 Å². The third kappa shape index (κ3) is 5.94. The Hall–Kier alpha value is -0.450. The van der Waals surface area contributed by atoms with E-state index in [4.69, 9.17) is 4.74 Å². The van der Waals surface area contributed by atoms with Gasteiger partial charge in [-0.1, -0.05) is 6.92 Å². The van der Waals surface area contributed by atoms with Crippen LogP contribution in [0.2, 0.25) is 0 Å². The molecule has 1 aromatic rings. The average Bonchev–Trinajstić information content (AvgIpc) is 2.71. The van der Waals surface area contributed by atoms with Gasteiger partial charge in [-0.05, 0) is 41.0 Å². The van der Waals surface area contributed by atoms with Crippen molar-refractivity contribution in [2.24, 2.45) is 0 Å². The van der Waals surface area contributed by atoms with Crippen LogP contribution in [0.3, 0.4) is 0 Å². The van der Waals surface area contributed by atoms with E-state index in [2.05, 4.69) is 57.2 Å². The Labute approximate surface area is 115 Å². The van der Waals surface area contributed by atoms with Crippen molar-refractivity contribution in [3.63, 3.8) is 0 Å². The molecule has 0 radical (unpaired) electrons. The van der Waals surface area contributed by atoms with Gasteiger partial charge in [-0.2, -0.15) is 0 Å². The van der Waals surface area contributed by atoms with Gasteiger partial charge in [-0.25, -0.2) is 4.98 Å². The molecule has 1 heterocycles. The van der Waals surface area contributed by atoms with Crippen LogP contribution < -0.4 is 5.32 Å². The number of ether oxygens (including phenoxy) is 1. The number of aromatic nitrogens is 1. The zero-order chi connectivity index (χ0) is 13.8. The summed E-state index contributed by atoms with van der Waals surface area (Å²) >= 11 is 1.69. The van der Waals surface area contributed by atoms with Crippen LogP contribution in [-0.2, 0) is 17.9 Å². The molecule has 0 aliphatic carbocycles. The lowest BCUT2D eigenvalue weighted by atomic mass is 10.1. The standard InChI is InChI=1S/C14H26N2OS/c1-7-14(5,6)17-9-11-10-18-12(16-11)8-15-13(2,3)4/h10,15H,7-9H2,1-6H3. The van der Waals surface area contributed by atoms with E-state index in [0.29, 0.717) is 6.61 Å². The van der Waals surface area contributed by atoms with Gasteiger partial charge < -0.3 is 10.1 Å². The average molecular weight is 270 g/mol. The van der Waals surface area contributed by atoms with Crippen molar-refractivity contribution in [1.29, 1.82) is 0 Å². The highest BCUT2D eigenvalue weighted by Gasteiger charge is 2.16. The molecule has 0 unspecified atom stereocenters. The minimum absolute atomic E-state index is 0.0621. The van der Waals surface area contributed by atoms with Gasteiger partial charge in [0.25, 0.3) is 0 Å². The summed E-state index contributed by atoms with van der Waals surface area (Å²) < 4.78 is 5.85. The highest BCUT2D eigenvalue weighted by Crippen LogP contribution is 2.18. The van der Waals surface area contributed by atoms with Gasteiger partial charge in [0, 0.05) is 17.5 Å². The maximum Gasteiger partial charge on any atom is 0.107 e. The van der Waals surface area contributed by atoms with Crippen LogP contribution in [0.4, 0.5) is 0 Å². The second-order valence-electron chi connectivity index (χ2n) is 6.24. The first-order chi connectivity index (χ1) is 8.22. The molecule has 0 fully saturated rings. The largest absolute Gasteiger partial charge is 0.369 e. The van der Waals surface area contributed by atoms with Crippen molar-refractivity contribution in [2.45, 2.75) is 72.3 Å². The predicted octanol–water partition coefficient (Wildman–Crippen LogP) is 3.74. The molecule has 0 bridgehead atoms. The number of nitrogens with zero attached hydrogens (tertiary/aromatic N) is 1. The van der Waals surface area contributed by atoms with Crippen LogP contribution in [0.25, 0.3) is 0 Å². The summed E-state index contributed by atoms with van der Waals surface area (Å²) in [4.78, 5) is 4.58. The van der Waals surface area contributed by atoms with Gasteiger partial charge >= 0.3 is 0 Å².